The smallest absolute Gasteiger partial charge is 0.218 e. The number of nitrogens with zero attached hydrogens (tertiary/aromatic N) is 2. The fourth-order valence-electron chi connectivity index (χ4n) is 1.23. The Morgan fingerprint density at radius 3 is 2.60 bits per heavy atom. The molecule has 0 atom stereocenters. The van der Waals surface area contributed by atoms with Crippen molar-refractivity contribution in [2.24, 2.45) is 4.99 Å². The van der Waals surface area contributed by atoms with E-state index in [0.717, 1.165) is 5.56 Å². The van der Waals surface area contributed by atoms with Crippen molar-refractivity contribution in [3.63, 3.8) is 0 Å². The van der Waals surface area contributed by atoms with Gasteiger partial charge in [0.1, 0.15) is 11.8 Å². The summed E-state index contributed by atoms with van der Waals surface area (Å²) in [5.74, 6) is 0.652. The number of rotatable bonds is 1. The van der Waals surface area contributed by atoms with Crippen LogP contribution in [0.5, 0.6) is 0 Å². The molecule has 0 unspecified atom stereocenters. The lowest BCUT2D eigenvalue weighted by Crippen LogP contribution is -2.17. The van der Waals surface area contributed by atoms with Crippen LogP contribution in [0.25, 0.3) is 0 Å². The predicted octanol–water partition coefficient (Wildman–Crippen LogP) is 2.71. The van der Waals surface area contributed by atoms with Gasteiger partial charge >= 0.3 is 0 Å². The highest BCUT2D eigenvalue weighted by atomic mass is 35.5. The SMILES string of the molecule is CC1(C)COC(c2ccc(Cl)nc2)=N1.Cl. The van der Waals surface area contributed by atoms with Crippen LogP contribution in [0.2, 0.25) is 5.15 Å². The van der Waals surface area contributed by atoms with Crippen LogP contribution in [-0.2, 0) is 4.74 Å². The molecule has 0 fully saturated rings. The molecule has 1 aromatic heterocycles. The molecular weight excluding hydrogens is 235 g/mol. The number of ether oxygens (including phenoxy) is 1. The van der Waals surface area contributed by atoms with Gasteiger partial charge in [0.05, 0.1) is 11.1 Å². The second kappa shape index (κ2) is 4.37. The average molecular weight is 247 g/mol. The Bertz CT molecular complexity index is 374. The second-order valence-corrected chi connectivity index (χ2v) is 4.27. The zero-order chi connectivity index (χ0) is 10.2. The van der Waals surface area contributed by atoms with Gasteiger partial charge < -0.3 is 4.74 Å². The van der Waals surface area contributed by atoms with E-state index in [1.165, 1.54) is 0 Å². The maximum atomic E-state index is 5.68. The first-order valence-electron chi connectivity index (χ1n) is 4.41. The highest BCUT2D eigenvalue weighted by molar-refractivity contribution is 6.29. The molecule has 0 amide bonds. The quantitative estimate of drug-likeness (QED) is 0.715. The molecule has 2 heterocycles. The van der Waals surface area contributed by atoms with E-state index in [1.807, 2.05) is 19.9 Å². The van der Waals surface area contributed by atoms with Crippen LogP contribution >= 0.6 is 24.0 Å². The molecule has 5 heteroatoms. The van der Waals surface area contributed by atoms with Gasteiger partial charge in [-0.2, -0.15) is 0 Å². The Morgan fingerprint density at radius 2 is 2.13 bits per heavy atom. The summed E-state index contributed by atoms with van der Waals surface area (Å²) in [7, 11) is 0. The summed E-state index contributed by atoms with van der Waals surface area (Å²) < 4.78 is 5.46. The van der Waals surface area contributed by atoms with Crippen molar-refractivity contribution >= 4 is 29.9 Å². The summed E-state index contributed by atoms with van der Waals surface area (Å²) in [6.45, 7) is 4.68. The van der Waals surface area contributed by atoms with Crippen molar-refractivity contribution in [1.29, 1.82) is 0 Å². The number of halogens is 2. The third kappa shape index (κ3) is 2.83. The lowest BCUT2D eigenvalue weighted by molar-refractivity contribution is 0.279. The minimum absolute atomic E-state index is 0. The van der Waals surface area contributed by atoms with E-state index in [9.17, 15) is 0 Å². The first kappa shape index (κ1) is 12.3. The van der Waals surface area contributed by atoms with Gasteiger partial charge in [0.15, 0.2) is 0 Å². The molecule has 1 aliphatic heterocycles. The van der Waals surface area contributed by atoms with Gasteiger partial charge in [0.25, 0.3) is 0 Å². The Kier molecular flexibility index (Phi) is 3.58. The molecular formula is C10H12Cl2N2O. The van der Waals surface area contributed by atoms with Crippen molar-refractivity contribution in [2.45, 2.75) is 19.4 Å². The Balaban J connectivity index is 0.00000112. The van der Waals surface area contributed by atoms with E-state index >= 15 is 0 Å². The van der Waals surface area contributed by atoms with Crippen LogP contribution in [0.3, 0.4) is 0 Å². The number of hydrogen-bond donors (Lipinski definition) is 0. The van der Waals surface area contributed by atoms with Gasteiger partial charge in [-0.25, -0.2) is 9.98 Å². The molecule has 3 nitrogen and oxygen atoms in total. The van der Waals surface area contributed by atoms with Crippen molar-refractivity contribution < 1.29 is 4.74 Å². The van der Waals surface area contributed by atoms with Crippen molar-refractivity contribution in [2.75, 3.05) is 6.61 Å². The molecule has 1 aliphatic rings. The molecule has 1 aromatic rings. The van der Waals surface area contributed by atoms with Gasteiger partial charge in [-0.05, 0) is 26.0 Å². The fourth-order valence-corrected chi connectivity index (χ4v) is 1.35. The van der Waals surface area contributed by atoms with Crippen LogP contribution in [0, 0.1) is 0 Å². The van der Waals surface area contributed by atoms with Crippen LogP contribution in [0.15, 0.2) is 23.3 Å². The monoisotopic (exact) mass is 246 g/mol. The van der Waals surface area contributed by atoms with E-state index in [4.69, 9.17) is 16.3 Å². The lowest BCUT2D eigenvalue weighted by atomic mass is 10.1. The van der Waals surface area contributed by atoms with Gasteiger partial charge in [-0.1, -0.05) is 11.6 Å². The van der Waals surface area contributed by atoms with Crippen LogP contribution in [0.1, 0.15) is 19.4 Å². The number of pyridine rings is 1. The minimum atomic E-state index is -0.130. The first-order valence-corrected chi connectivity index (χ1v) is 4.79. The van der Waals surface area contributed by atoms with Crippen LogP contribution in [0.4, 0.5) is 0 Å². The van der Waals surface area contributed by atoms with Gasteiger partial charge in [0, 0.05) is 6.20 Å². The van der Waals surface area contributed by atoms with Crippen molar-refractivity contribution in [3.8, 4) is 0 Å². The summed E-state index contributed by atoms with van der Waals surface area (Å²) >= 11 is 5.68. The molecule has 0 saturated heterocycles. The molecule has 0 spiro atoms. The summed E-state index contributed by atoms with van der Waals surface area (Å²) in [5, 5.41) is 0.478. The minimum Gasteiger partial charge on any atom is -0.475 e. The standard InChI is InChI=1S/C10H11ClN2O.ClH/c1-10(2)6-14-9(13-10)7-3-4-8(11)12-5-7;/h3-5H,6H2,1-2H3;1H. The second-order valence-electron chi connectivity index (χ2n) is 3.89. The average Bonchev–Trinajstić information content (AvgIpc) is 2.47. The van der Waals surface area contributed by atoms with E-state index in [2.05, 4.69) is 9.98 Å². The fraction of sp³-hybridized carbons (Fsp3) is 0.400. The number of hydrogen-bond acceptors (Lipinski definition) is 3. The summed E-state index contributed by atoms with van der Waals surface area (Å²) in [4.78, 5) is 8.41. The van der Waals surface area contributed by atoms with Crippen molar-refractivity contribution in [1.82, 2.24) is 4.98 Å². The van der Waals surface area contributed by atoms with E-state index in [1.54, 1.807) is 12.3 Å². The van der Waals surface area contributed by atoms with Crippen molar-refractivity contribution in [3.05, 3.63) is 29.0 Å². The third-order valence-electron chi connectivity index (χ3n) is 1.94. The Morgan fingerprint density at radius 1 is 1.40 bits per heavy atom. The molecule has 0 aromatic carbocycles. The van der Waals surface area contributed by atoms with Gasteiger partial charge in [-0.15, -0.1) is 12.4 Å². The highest BCUT2D eigenvalue weighted by Gasteiger charge is 2.26. The topological polar surface area (TPSA) is 34.5 Å². The molecule has 15 heavy (non-hydrogen) atoms. The summed E-state index contributed by atoms with van der Waals surface area (Å²) in [5.41, 5.74) is 0.745. The molecule has 0 radical (unpaired) electrons. The zero-order valence-electron chi connectivity index (χ0n) is 8.53. The first-order chi connectivity index (χ1) is 6.57. The predicted molar refractivity (Wildman–Crippen MR) is 63.1 cm³/mol. The van der Waals surface area contributed by atoms with Crippen LogP contribution in [-0.4, -0.2) is 23.0 Å². The van der Waals surface area contributed by atoms with E-state index < -0.39 is 0 Å². The largest absolute Gasteiger partial charge is 0.475 e. The lowest BCUT2D eigenvalue weighted by Gasteiger charge is -2.07. The van der Waals surface area contributed by atoms with E-state index in [-0.39, 0.29) is 17.9 Å². The summed E-state index contributed by atoms with van der Waals surface area (Å²) in [6.07, 6.45) is 1.67. The van der Waals surface area contributed by atoms with Crippen LogP contribution < -0.4 is 0 Å². The van der Waals surface area contributed by atoms with E-state index in [0.29, 0.717) is 17.7 Å². The highest BCUT2D eigenvalue weighted by Crippen LogP contribution is 2.20. The van der Waals surface area contributed by atoms with Gasteiger partial charge in [-0.3, -0.25) is 0 Å². The normalized spacial score (nSPS) is 17.7. The third-order valence-corrected chi connectivity index (χ3v) is 2.16. The maximum absolute atomic E-state index is 5.68. The molecule has 0 aliphatic carbocycles. The maximum Gasteiger partial charge on any atom is 0.218 e. The summed E-state index contributed by atoms with van der Waals surface area (Å²) in [6, 6.07) is 3.59. The molecule has 0 saturated carbocycles. The zero-order valence-corrected chi connectivity index (χ0v) is 10.1. The molecule has 0 bridgehead atoms. The number of aliphatic imine (C=N–C) groups is 1. The molecule has 0 N–H and O–H groups in total. The van der Waals surface area contributed by atoms with Gasteiger partial charge in [0.2, 0.25) is 5.90 Å². The number of aromatic nitrogens is 1. The molecule has 2 rings (SSSR count). The Hall–Kier alpha value is -0.800. The molecule has 82 valence electrons. The Labute approximate surface area is 99.9 Å².